The average Bonchev–Trinajstić information content (AvgIpc) is 3.24. The molecule has 0 saturated carbocycles. The summed E-state index contributed by atoms with van der Waals surface area (Å²) in [6.45, 7) is 0.623. The molecule has 132 valence electrons. The maximum absolute atomic E-state index is 13.2. The minimum absolute atomic E-state index is 0.235. The Morgan fingerprint density at radius 1 is 1.16 bits per heavy atom. The summed E-state index contributed by atoms with van der Waals surface area (Å²) in [6.07, 6.45) is 0.445. The summed E-state index contributed by atoms with van der Waals surface area (Å²) in [5.41, 5.74) is 0.799. The first-order valence-corrected chi connectivity index (χ1v) is 10.5. The third kappa shape index (κ3) is 5.05. The van der Waals surface area contributed by atoms with Crippen molar-refractivity contribution in [3.8, 4) is 0 Å². The highest BCUT2D eigenvalue weighted by Crippen LogP contribution is 2.16. The van der Waals surface area contributed by atoms with Crippen LogP contribution in [0.1, 0.15) is 11.4 Å². The highest BCUT2D eigenvalue weighted by atomic mass is 32.2. The molecule has 0 aliphatic heterocycles. The smallest absolute Gasteiger partial charge is 0.250 e. The molecule has 0 unspecified atom stereocenters. The van der Waals surface area contributed by atoms with Gasteiger partial charge in [-0.2, -0.15) is 4.37 Å². The lowest BCUT2D eigenvalue weighted by Crippen LogP contribution is -2.28. The second-order valence-electron chi connectivity index (χ2n) is 5.08. The molecule has 2 aromatic heterocycles. The van der Waals surface area contributed by atoms with E-state index in [9.17, 15) is 12.8 Å². The first-order chi connectivity index (χ1) is 12.0. The first-order valence-electron chi connectivity index (χ1n) is 7.37. The monoisotopic (exact) mass is 398 g/mol. The molecule has 3 rings (SSSR count). The summed E-state index contributed by atoms with van der Waals surface area (Å²) < 4.78 is 44.1. The Morgan fingerprint density at radius 3 is 2.80 bits per heavy atom. The lowest BCUT2D eigenvalue weighted by molar-refractivity contribution is 0.585. The van der Waals surface area contributed by atoms with Crippen LogP contribution in [-0.2, 0) is 16.4 Å². The molecule has 2 N–H and O–H groups in total. The van der Waals surface area contributed by atoms with Gasteiger partial charge in [-0.3, -0.25) is 0 Å². The summed E-state index contributed by atoms with van der Waals surface area (Å²) in [6, 6.07) is 9.56. The summed E-state index contributed by atoms with van der Waals surface area (Å²) in [5.74, 6) is 0.307. The molecule has 3 aromatic rings. The van der Waals surface area contributed by atoms with Gasteiger partial charge < -0.3 is 5.32 Å². The van der Waals surface area contributed by atoms with E-state index in [2.05, 4.69) is 19.4 Å². The molecule has 0 fully saturated rings. The van der Waals surface area contributed by atoms with Gasteiger partial charge in [0.05, 0.1) is 0 Å². The van der Waals surface area contributed by atoms with Crippen LogP contribution in [0.3, 0.4) is 0 Å². The van der Waals surface area contributed by atoms with Crippen molar-refractivity contribution >= 4 is 38.0 Å². The normalized spacial score (nSPS) is 11.6. The van der Waals surface area contributed by atoms with Crippen LogP contribution in [0.25, 0.3) is 0 Å². The van der Waals surface area contributed by atoms with Crippen LogP contribution in [0.15, 0.2) is 46.0 Å². The lowest BCUT2D eigenvalue weighted by Gasteiger charge is -2.05. The maximum atomic E-state index is 13.2. The van der Waals surface area contributed by atoms with Gasteiger partial charge in [0.25, 0.3) is 0 Å². The predicted octanol–water partition coefficient (Wildman–Crippen LogP) is 2.72. The van der Waals surface area contributed by atoms with Crippen molar-refractivity contribution in [1.29, 1.82) is 0 Å². The maximum Gasteiger partial charge on any atom is 0.250 e. The minimum Gasteiger partial charge on any atom is -0.359 e. The van der Waals surface area contributed by atoms with Crippen LogP contribution in [0.4, 0.5) is 9.52 Å². The van der Waals surface area contributed by atoms with E-state index in [1.165, 1.54) is 35.0 Å². The lowest BCUT2D eigenvalue weighted by atomic mass is 10.1. The molecule has 2 heterocycles. The Bertz CT molecular complexity index is 926. The fourth-order valence-electron chi connectivity index (χ4n) is 2.07. The van der Waals surface area contributed by atoms with Gasteiger partial charge in [-0.05, 0) is 29.1 Å². The van der Waals surface area contributed by atoms with Crippen molar-refractivity contribution in [3.05, 3.63) is 59.0 Å². The topological polar surface area (TPSA) is 84.0 Å². The van der Waals surface area contributed by atoms with Gasteiger partial charge in [0.15, 0.2) is 0 Å². The number of hydrogen-bond donors (Lipinski definition) is 2. The molecule has 1 aromatic carbocycles. The molecule has 6 nitrogen and oxygen atoms in total. The summed E-state index contributed by atoms with van der Waals surface area (Å²) in [5, 5.41) is 5.34. The first kappa shape index (κ1) is 17.9. The zero-order valence-corrected chi connectivity index (χ0v) is 15.4. The molecular formula is C15H15FN4O2S3. The van der Waals surface area contributed by atoms with E-state index in [-0.39, 0.29) is 12.4 Å². The third-order valence-electron chi connectivity index (χ3n) is 3.17. The largest absolute Gasteiger partial charge is 0.359 e. The number of nitrogens with one attached hydrogen (secondary N) is 2. The van der Waals surface area contributed by atoms with Crippen LogP contribution < -0.4 is 10.0 Å². The van der Waals surface area contributed by atoms with Crippen molar-refractivity contribution in [2.75, 3.05) is 18.4 Å². The Morgan fingerprint density at radius 2 is 2.04 bits per heavy atom. The van der Waals surface area contributed by atoms with E-state index in [0.29, 0.717) is 28.1 Å². The molecular weight excluding hydrogens is 383 g/mol. The number of rotatable bonds is 8. The van der Waals surface area contributed by atoms with Crippen LogP contribution in [0, 0.1) is 5.82 Å². The van der Waals surface area contributed by atoms with Crippen molar-refractivity contribution < 1.29 is 12.8 Å². The minimum atomic E-state index is -3.45. The molecule has 10 heteroatoms. The molecule has 0 aliphatic carbocycles. The molecule has 25 heavy (non-hydrogen) atoms. The van der Waals surface area contributed by atoms with Gasteiger partial charge in [0.2, 0.25) is 15.2 Å². The quantitative estimate of drug-likeness (QED) is 0.570. The fraction of sp³-hybridized carbons (Fsp3) is 0.200. The van der Waals surface area contributed by atoms with Gasteiger partial charge in [0.1, 0.15) is 15.9 Å². The molecule has 0 atom stereocenters. The third-order valence-corrected chi connectivity index (χ3v) is 6.74. The number of halogens is 1. The highest BCUT2D eigenvalue weighted by molar-refractivity contribution is 7.91. The van der Waals surface area contributed by atoms with E-state index in [1.54, 1.807) is 23.6 Å². The van der Waals surface area contributed by atoms with Crippen LogP contribution in [-0.4, -0.2) is 30.9 Å². The van der Waals surface area contributed by atoms with E-state index >= 15 is 0 Å². The zero-order valence-electron chi connectivity index (χ0n) is 13.0. The number of sulfonamides is 1. The van der Waals surface area contributed by atoms with Crippen LogP contribution in [0.2, 0.25) is 0 Å². The van der Waals surface area contributed by atoms with Gasteiger partial charge in [-0.15, -0.1) is 11.3 Å². The number of hydrogen-bond acceptors (Lipinski definition) is 7. The van der Waals surface area contributed by atoms with E-state index in [0.717, 1.165) is 5.56 Å². The SMILES string of the molecule is O=S(=O)(NCCNc1nc(Cc2cccc(F)c2)ns1)c1cccs1. The molecule has 0 amide bonds. The summed E-state index contributed by atoms with van der Waals surface area (Å²) in [4.78, 5) is 4.32. The van der Waals surface area contributed by atoms with Gasteiger partial charge >= 0.3 is 0 Å². The molecule has 0 saturated heterocycles. The Hall–Kier alpha value is -1.88. The van der Waals surface area contributed by atoms with Crippen molar-refractivity contribution in [3.63, 3.8) is 0 Å². The number of aromatic nitrogens is 2. The van der Waals surface area contributed by atoms with E-state index in [1.807, 2.05) is 6.07 Å². The Kier molecular flexibility index (Phi) is 5.74. The van der Waals surface area contributed by atoms with E-state index in [4.69, 9.17) is 0 Å². The molecule has 0 bridgehead atoms. The molecule has 0 spiro atoms. The number of thiophene rings is 1. The second-order valence-corrected chi connectivity index (χ2v) is 8.77. The standard InChI is InChI=1S/C15H15FN4O2S3/c16-12-4-1-3-11(9-12)10-13-19-15(24-20-13)17-6-7-18-25(21,22)14-5-2-8-23-14/h1-5,8-9,18H,6-7,10H2,(H,17,19,20). The fourth-order valence-corrected chi connectivity index (χ4v) is 4.75. The predicted molar refractivity (Wildman–Crippen MR) is 97.1 cm³/mol. The second kappa shape index (κ2) is 8.00. The summed E-state index contributed by atoms with van der Waals surface area (Å²) >= 11 is 2.36. The highest BCUT2D eigenvalue weighted by Gasteiger charge is 2.14. The van der Waals surface area contributed by atoms with Crippen LogP contribution in [0.5, 0.6) is 0 Å². The number of anilines is 1. The number of nitrogens with zero attached hydrogens (tertiary/aromatic N) is 2. The van der Waals surface area contributed by atoms with Crippen molar-refractivity contribution in [2.45, 2.75) is 10.6 Å². The van der Waals surface area contributed by atoms with Gasteiger partial charge in [-0.1, -0.05) is 18.2 Å². The Balaban J connectivity index is 1.47. The molecule has 0 aliphatic rings. The Labute approximate surface area is 153 Å². The molecule has 0 radical (unpaired) electrons. The van der Waals surface area contributed by atoms with Gasteiger partial charge in [-0.25, -0.2) is 22.5 Å². The summed E-state index contributed by atoms with van der Waals surface area (Å²) in [7, 11) is -3.45. The van der Waals surface area contributed by atoms with Crippen molar-refractivity contribution in [1.82, 2.24) is 14.1 Å². The zero-order chi connectivity index (χ0) is 17.7. The number of benzene rings is 1. The van der Waals surface area contributed by atoms with Crippen LogP contribution >= 0.6 is 22.9 Å². The average molecular weight is 399 g/mol. The van der Waals surface area contributed by atoms with Crippen molar-refractivity contribution in [2.24, 2.45) is 0 Å². The van der Waals surface area contributed by atoms with Gasteiger partial charge in [0, 0.05) is 31.0 Å². The van der Waals surface area contributed by atoms with E-state index < -0.39 is 10.0 Å².